The number of nitrogens with one attached hydrogen (secondary N) is 1. The van der Waals surface area contributed by atoms with Gasteiger partial charge in [0.15, 0.2) is 0 Å². The fourth-order valence-corrected chi connectivity index (χ4v) is 1.23. The molecule has 98 valence electrons. The minimum Gasteiger partial charge on any atom is -0.466 e. The molecule has 0 aliphatic carbocycles. The Hall–Kier alpha value is -1.59. The number of hydrogen-bond acceptors (Lipinski definition) is 4. The molecule has 0 bridgehead atoms. The second kappa shape index (κ2) is 8.55. The van der Waals surface area contributed by atoms with E-state index in [2.05, 4.69) is 5.32 Å². The standard InChI is InChI=1S/C11H20N2O4/c1-4-13(8-9(14)12-3)10(15)6-7-11(16)17-5-2/h4-8H2,1-3H3,(H,12,14). The predicted molar refractivity (Wildman–Crippen MR) is 62.2 cm³/mol. The summed E-state index contributed by atoms with van der Waals surface area (Å²) in [5.74, 6) is -0.836. The van der Waals surface area contributed by atoms with E-state index in [1.165, 1.54) is 11.9 Å². The summed E-state index contributed by atoms with van der Waals surface area (Å²) in [6.07, 6.45) is 0.126. The minimum atomic E-state index is -0.392. The van der Waals surface area contributed by atoms with Gasteiger partial charge in [0.05, 0.1) is 19.6 Å². The van der Waals surface area contributed by atoms with Crippen LogP contribution in [0.25, 0.3) is 0 Å². The van der Waals surface area contributed by atoms with Crippen molar-refractivity contribution in [3.63, 3.8) is 0 Å². The smallest absolute Gasteiger partial charge is 0.306 e. The summed E-state index contributed by atoms with van der Waals surface area (Å²) in [6.45, 7) is 4.27. The maximum atomic E-state index is 11.7. The van der Waals surface area contributed by atoms with Crippen molar-refractivity contribution in [1.29, 1.82) is 0 Å². The van der Waals surface area contributed by atoms with E-state index in [0.717, 1.165) is 0 Å². The van der Waals surface area contributed by atoms with Crippen molar-refractivity contribution in [1.82, 2.24) is 10.2 Å². The van der Waals surface area contributed by atoms with Crippen molar-refractivity contribution in [3.8, 4) is 0 Å². The van der Waals surface area contributed by atoms with Gasteiger partial charge in [0, 0.05) is 20.0 Å². The van der Waals surface area contributed by atoms with Crippen molar-refractivity contribution < 1.29 is 19.1 Å². The summed E-state index contributed by atoms with van der Waals surface area (Å²) >= 11 is 0. The monoisotopic (exact) mass is 244 g/mol. The summed E-state index contributed by atoms with van der Waals surface area (Å²) in [4.78, 5) is 35.3. The molecule has 0 aromatic carbocycles. The molecular formula is C11H20N2O4. The highest BCUT2D eigenvalue weighted by atomic mass is 16.5. The summed E-state index contributed by atoms with van der Waals surface area (Å²) in [7, 11) is 1.51. The molecule has 17 heavy (non-hydrogen) atoms. The number of amides is 2. The van der Waals surface area contributed by atoms with E-state index in [4.69, 9.17) is 4.74 Å². The second-order valence-electron chi connectivity index (χ2n) is 3.39. The number of nitrogens with zero attached hydrogens (tertiary/aromatic N) is 1. The number of hydrogen-bond donors (Lipinski definition) is 1. The Morgan fingerprint density at radius 2 is 1.82 bits per heavy atom. The Morgan fingerprint density at radius 1 is 1.18 bits per heavy atom. The average molecular weight is 244 g/mol. The van der Waals surface area contributed by atoms with Crippen molar-refractivity contribution in [3.05, 3.63) is 0 Å². The first kappa shape index (κ1) is 15.4. The largest absolute Gasteiger partial charge is 0.466 e. The van der Waals surface area contributed by atoms with E-state index in [-0.39, 0.29) is 31.2 Å². The highest BCUT2D eigenvalue weighted by Crippen LogP contribution is 1.99. The van der Waals surface area contributed by atoms with Gasteiger partial charge in [-0.3, -0.25) is 14.4 Å². The Kier molecular flexibility index (Phi) is 7.75. The first-order valence-corrected chi connectivity index (χ1v) is 5.69. The van der Waals surface area contributed by atoms with Gasteiger partial charge in [-0.05, 0) is 13.8 Å². The van der Waals surface area contributed by atoms with Crippen molar-refractivity contribution >= 4 is 17.8 Å². The highest BCUT2D eigenvalue weighted by Gasteiger charge is 2.16. The van der Waals surface area contributed by atoms with Gasteiger partial charge in [-0.15, -0.1) is 0 Å². The van der Waals surface area contributed by atoms with Crippen LogP contribution in [-0.4, -0.2) is 49.4 Å². The zero-order chi connectivity index (χ0) is 13.3. The number of carbonyl (C=O) groups excluding carboxylic acids is 3. The van der Waals surface area contributed by atoms with Gasteiger partial charge in [-0.2, -0.15) is 0 Å². The van der Waals surface area contributed by atoms with Crippen molar-refractivity contribution in [2.75, 3.05) is 26.7 Å². The van der Waals surface area contributed by atoms with Crippen LogP contribution in [0.2, 0.25) is 0 Å². The molecule has 1 N–H and O–H groups in total. The summed E-state index contributed by atoms with van der Waals surface area (Å²) in [5.41, 5.74) is 0. The molecule has 0 saturated carbocycles. The van der Waals surface area contributed by atoms with Crippen LogP contribution in [0.1, 0.15) is 26.7 Å². The lowest BCUT2D eigenvalue weighted by molar-refractivity contribution is -0.145. The average Bonchev–Trinajstić information content (AvgIpc) is 2.32. The Balaban J connectivity index is 4.08. The topological polar surface area (TPSA) is 75.7 Å². The molecule has 6 nitrogen and oxygen atoms in total. The lowest BCUT2D eigenvalue weighted by atomic mass is 10.2. The second-order valence-corrected chi connectivity index (χ2v) is 3.39. The van der Waals surface area contributed by atoms with Crippen LogP contribution >= 0.6 is 0 Å². The van der Waals surface area contributed by atoms with Gasteiger partial charge in [0.2, 0.25) is 11.8 Å². The van der Waals surface area contributed by atoms with Crippen LogP contribution in [0, 0.1) is 0 Å². The molecule has 0 fully saturated rings. The molecule has 0 atom stereocenters. The van der Waals surface area contributed by atoms with Crippen LogP contribution < -0.4 is 5.32 Å². The molecule has 0 aliphatic rings. The van der Waals surface area contributed by atoms with Crippen molar-refractivity contribution in [2.45, 2.75) is 26.7 Å². The van der Waals surface area contributed by atoms with E-state index in [9.17, 15) is 14.4 Å². The number of likely N-dealkylation sites (N-methyl/N-ethyl adjacent to an activating group) is 2. The van der Waals surface area contributed by atoms with Crippen LogP contribution in [-0.2, 0) is 19.1 Å². The predicted octanol–water partition coefficient (Wildman–Crippen LogP) is -0.0758. The number of ether oxygens (including phenoxy) is 1. The molecule has 6 heteroatoms. The Labute approximate surface area is 101 Å². The molecule has 0 unspecified atom stereocenters. The van der Waals surface area contributed by atoms with Crippen LogP contribution in [0.15, 0.2) is 0 Å². The van der Waals surface area contributed by atoms with E-state index >= 15 is 0 Å². The molecule has 0 aliphatic heterocycles. The van der Waals surface area contributed by atoms with Gasteiger partial charge in [0.25, 0.3) is 0 Å². The van der Waals surface area contributed by atoms with E-state index < -0.39 is 5.97 Å². The van der Waals surface area contributed by atoms with Gasteiger partial charge in [-0.1, -0.05) is 0 Å². The fourth-order valence-electron chi connectivity index (χ4n) is 1.23. The highest BCUT2D eigenvalue weighted by molar-refractivity contribution is 5.86. The van der Waals surface area contributed by atoms with E-state index in [1.807, 2.05) is 0 Å². The Bertz CT molecular complexity index is 279. The molecule has 2 amide bonds. The first-order chi connectivity index (χ1) is 8.04. The Morgan fingerprint density at radius 3 is 2.29 bits per heavy atom. The van der Waals surface area contributed by atoms with Gasteiger partial charge in [-0.25, -0.2) is 0 Å². The quantitative estimate of drug-likeness (QED) is 0.636. The van der Waals surface area contributed by atoms with Crippen LogP contribution in [0.5, 0.6) is 0 Å². The number of carbonyl (C=O) groups is 3. The summed E-state index contributed by atoms with van der Waals surface area (Å²) in [5, 5.41) is 2.45. The minimum absolute atomic E-state index is 0.0225. The van der Waals surface area contributed by atoms with E-state index in [1.54, 1.807) is 13.8 Å². The number of rotatable bonds is 7. The lowest BCUT2D eigenvalue weighted by Gasteiger charge is -2.19. The SMILES string of the molecule is CCOC(=O)CCC(=O)N(CC)CC(=O)NC. The lowest BCUT2D eigenvalue weighted by Crippen LogP contribution is -2.39. The van der Waals surface area contributed by atoms with Crippen LogP contribution in [0.4, 0.5) is 0 Å². The third-order valence-corrected chi connectivity index (χ3v) is 2.20. The molecule has 0 spiro atoms. The van der Waals surface area contributed by atoms with Gasteiger partial charge >= 0.3 is 5.97 Å². The fraction of sp³-hybridized carbons (Fsp3) is 0.727. The molecular weight excluding hydrogens is 224 g/mol. The molecule has 0 saturated heterocycles. The van der Waals surface area contributed by atoms with Crippen LogP contribution in [0.3, 0.4) is 0 Å². The third-order valence-electron chi connectivity index (χ3n) is 2.20. The summed E-state index contributed by atoms with van der Waals surface area (Å²) in [6, 6.07) is 0. The molecule has 0 radical (unpaired) electrons. The summed E-state index contributed by atoms with van der Waals surface area (Å²) < 4.78 is 4.72. The van der Waals surface area contributed by atoms with Gasteiger partial charge < -0.3 is 15.0 Å². The maximum Gasteiger partial charge on any atom is 0.306 e. The normalized spacial score (nSPS) is 9.59. The molecule has 0 aromatic heterocycles. The first-order valence-electron chi connectivity index (χ1n) is 5.69. The zero-order valence-corrected chi connectivity index (χ0v) is 10.6. The maximum absolute atomic E-state index is 11.7. The van der Waals surface area contributed by atoms with Crippen molar-refractivity contribution in [2.24, 2.45) is 0 Å². The molecule has 0 aromatic rings. The molecule has 0 heterocycles. The zero-order valence-electron chi connectivity index (χ0n) is 10.6. The number of esters is 1. The van der Waals surface area contributed by atoms with E-state index in [0.29, 0.717) is 13.2 Å². The molecule has 0 rings (SSSR count). The van der Waals surface area contributed by atoms with Gasteiger partial charge in [0.1, 0.15) is 0 Å². The third kappa shape index (κ3) is 6.55.